The third-order valence-electron chi connectivity index (χ3n) is 4.67. The predicted octanol–water partition coefficient (Wildman–Crippen LogP) is 2.36. The van der Waals surface area contributed by atoms with Gasteiger partial charge in [0.1, 0.15) is 5.75 Å². The average Bonchev–Trinajstić information content (AvgIpc) is 2.57. The van der Waals surface area contributed by atoms with Crippen molar-refractivity contribution in [1.29, 1.82) is 0 Å². The molecule has 126 valence electrons. The first kappa shape index (κ1) is 16.9. The fraction of sp³-hybridized carbons (Fsp3) is 0.562. The lowest BCUT2D eigenvalue weighted by molar-refractivity contribution is 0.0366. The number of fused-ring (bicyclic) bond motifs is 3. The van der Waals surface area contributed by atoms with Crippen LogP contribution in [0.1, 0.15) is 23.2 Å². The number of halogens is 1. The largest absolute Gasteiger partial charge is 0.462 e. The fourth-order valence-electron chi connectivity index (χ4n) is 3.50. The second kappa shape index (κ2) is 7.30. The summed E-state index contributed by atoms with van der Waals surface area (Å²) < 4.78 is 7.14. The summed E-state index contributed by atoms with van der Waals surface area (Å²) in [5.74, 6) is 1.23. The van der Waals surface area contributed by atoms with Gasteiger partial charge in [0, 0.05) is 18.4 Å². The number of carbonyl (C=O) groups excluding carboxylic acids is 1. The maximum absolute atomic E-state index is 12.9. The van der Waals surface area contributed by atoms with Gasteiger partial charge in [0.05, 0.1) is 6.04 Å². The molecule has 7 heteroatoms. The van der Waals surface area contributed by atoms with Gasteiger partial charge in [-0.05, 0) is 56.1 Å². The molecular formula is C16H22ClN3O2S. The molecule has 5 nitrogen and oxygen atoms in total. The van der Waals surface area contributed by atoms with Gasteiger partial charge in [0.15, 0.2) is 0 Å². The van der Waals surface area contributed by atoms with Gasteiger partial charge in [-0.3, -0.25) is 14.8 Å². The molecular weight excluding hydrogens is 334 g/mol. The van der Waals surface area contributed by atoms with E-state index >= 15 is 0 Å². The van der Waals surface area contributed by atoms with Crippen LogP contribution in [-0.2, 0) is 0 Å². The van der Waals surface area contributed by atoms with Crippen LogP contribution in [0.5, 0.6) is 5.75 Å². The first-order chi connectivity index (χ1) is 11.1. The number of ether oxygens (including phenoxy) is 1. The SMILES string of the molecule is CSN(C(=O)c1ccc(OC(N)Cl)cc1)C1CN2CCC1CC2. The molecule has 1 aromatic rings. The third kappa shape index (κ3) is 3.76. The Labute approximate surface area is 146 Å². The smallest absolute Gasteiger partial charge is 0.264 e. The van der Waals surface area contributed by atoms with E-state index in [1.165, 1.54) is 37.9 Å². The molecule has 0 aromatic heterocycles. The van der Waals surface area contributed by atoms with Crippen molar-refractivity contribution in [1.82, 2.24) is 9.21 Å². The van der Waals surface area contributed by atoms with Crippen molar-refractivity contribution in [3.05, 3.63) is 29.8 Å². The maximum atomic E-state index is 12.9. The summed E-state index contributed by atoms with van der Waals surface area (Å²) >= 11 is 7.12. The highest BCUT2D eigenvalue weighted by atomic mass is 35.5. The summed E-state index contributed by atoms with van der Waals surface area (Å²) in [4.78, 5) is 15.3. The molecule has 4 rings (SSSR count). The number of amides is 1. The van der Waals surface area contributed by atoms with E-state index in [-0.39, 0.29) is 5.91 Å². The number of piperidine rings is 3. The second-order valence-electron chi connectivity index (χ2n) is 6.01. The molecule has 0 aliphatic carbocycles. The molecule has 2 atom stereocenters. The quantitative estimate of drug-likeness (QED) is 0.380. The summed E-state index contributed by atoms with van der Waals surface area (Å²) in [6.07, 6.45) is 4.35. The molecule has 1 aromatic carbocycles. The van der Waals surface area contributed by atoms with Gasteiger partial charge < -0.3 is 9.64 Å². The van der Waals surface area contributed by atoms with Gasteiger partial charge in [-0.25, -0.2) is 0 Å². The Bertz CT molecular complexity index is 547. The standard InChI is InChI=1S/C16H22ClN3O2S/c1-23-20(14-10-19-8-6-11(14)7-9-19)15(21)12-2-4-13(5-3-12)22-16(17)18/h2-5,11,14,16H,6-10,18H2,1H3. The monoisotopic (exact) mass is 355 g/mol. The molecule has 23 heavy (non-hydrogen) atoms. The normalized spacial score (nSPS) is 27.5. The first-order valence-corrected chi connectivity index (χ1v) is 9.46. The summed E-state index contributed by atoms with van der Waals surface area (Å²) in [6, 6.07) is 7.28. The van der Waals surface area contributed by atoms with Crippen LogP contribution in [0.4, 0.5) is 0 Å². The molecule has 0 spiro atoms. The Morgan fingerprint density at radius 2 is 2.04 bits per heavy atom. The number of nitrogens with zero attached hydrogens (tertiary/aromatic N) is 2. The molecule has 0 saturated carbocycles. The molecule has 3 aliphatic rings. The van der Waals surface area contributed by atoms with E-state index in [9.17, 15) is 4.79 Å². The minimum atomic E-state index is -0.883. The molecule has 3 saturated heterocycles. The van der Waals surface area contributed by atoms with Crippen LogP contribution in [0, 0.1) is 5.92 Å². The van der Waals surface area contributed by atoms with Gasteiger partial charge in [-0.2, -0.15) is 0 Å². The topological polar surface area (TPSA) is 58.8 Å². The Balaban J connectivity index is 1.72. The summed E-state index contributed by atoms with van der Waals surface area (Å²) in [5.41, 5.74) is 5.16. The minimum Gasteiger partial charge on any atom is -0.462 e. The fourth-order valence-corrected chi connectivity index (χ4v) is 4.39. The van der Waals surface area contributed by atoms with Crippen LogP contribution >= 0.6 is 23.5 Å². The van der Waals surface area contributed by atoms with Gasteiger partial charge in [0.2, 0.25) is 5.69 Å². The van der Waals surface area contributed by atoms with Crippen molar-refractivity contribution in [2.75, 3.05) is 25.9 Å². The van der Waals surface area contributed by atoms with Gasteiger partial charge in [-0.15, -0.1) is 0 Å². The predicted molar refractivity (Wildman–Crippen MR) is 93.5 cm³/mol. The summed E-state index contributed by atoms with van der Waals surface area (Å²) in [7, 11) is 0. The van der Waals surface area contributed by atoms with E-state index in [1.54, 1.807) is 24.3 Å². The van der Waals surface area contributed by atoms with E-state index in [2.05, 4.69) is 4.90 Å². The zero-order valence-electron chi connectivity index (χ0n) is 13.2. The zero-order chi connectivity index (χ0) is 16.4. The summed E-state index contributed by atoms with van der Waals surface area (Å²) in [5, 5.41) is 0. The number of hydrogen-bond acceptors (Lipinski definition) is 5. The average molecular weight is 356 g/mol. The van der Waals surface area contributed by atoms with E-state index < -0.39 is 5.69 Å². The van der Waals surface area contributed by atoms with Crippen molar-refractivity contribution in [2.45, 2.75) is 24.6 Å². The first-order valence-electron chi connectivity index (χ1n) is 7.85. The zero-order valence-corrected chi connectivity index (χ0v) is 14.7. The highest BCUT2D eigenvalue weighted by Crippen LogP contribution is 2.34. The third-order valence-corrected chi connectivity index (χ3v) is 5.59. The van der Waals surface area contributed by atoms with Crippen LogP contribution in [0.15, 0.2) is 24.3 Å². The van der Waals surface area contributed by atoms with Crippen LogP contribution < -0.4 is 10.5 Å². The number of alkyl halides is 1. The number of rotatable bonds is 5. The maximum Gasteiger partial charge on any atom is 0.264 e. The van der Waals surface area contributed by atoms with E-state index in [0.29, 0.717) is 23.3 Å². The Kier molecular flexibility index (Phi) is 5.36. The van der Waals surface area contributed by atoms with E-state index in [4.69, 9.17) is 22.1 Å². The van der Waals surface area contributed by atoms with Crippen LogP contribution in [-0.4, -0.2) is 52.7 Å². The molecule has 0 radical (unpaired) electrons. The lowest BCUT2D eigenvalue weighted by Crippen LogP contribution is -2.56. The van der Waals surface area contributed by atoms with Crippen LogP contribution in [0.25, 0.3) is 0 Å². The molecule has 2 bridgehead atoms. The van der Waals surface area contributed by atoms with E-state index in [1.807, 2.05) is 10.6 Å². The van der Waals surface area contributed by atoms with Crippen LogP contribution in [0.3, 0.4) is 0 Å². The van der Waals surface area contributed by atoms with Gasteiger partial charge in [-0.1, -0.05) is 23.5 Å². The number of benzene rings is 1. The van der Waals surface area contributed by atoms with Crippen molar-refractivity contribution >= 4 is 29.5 Å². The molecule has 2 unspecified atom stereocenters. The minimum absolute atomic E-state index is 0.0537. The second-order valence-corrected chi connectivity index (χ2v) is 7.20. The Morgan fingerprint density at radius 3 is 2.52 bits per heavy atom. The lowest BCUT2D eigenvalue weighted by atomic mass is 9.84. The van der Waals surface area contributed by atoms with E-state index in [0.717, 1.165) is 6.54 Å². The number of nitrogens with two attached hydrogens (primary N) is 1. The van der Waals surface area contributed by atoms with Gasteiger partial charge in [0.25, 0.3) is 5.91 Å². The van der Waals surface area contributed by atoms with Gasteiger partial charge >= 0.3 is 0 Å². The molecule has 3 heterocycles. The Morgan fingerprint density at radius 1 is 1.39 bits per heavy atom. The number of hydrogen-bond donors (Lipinski definition) is 1. The van der Waals surface area contributed by atoms with Crippen molar-refractivity contribution in [3.8, 4) is 5.75 Å². The van der Waals surface area contributed by atoms with Crippen LogP contribution in [0.2, 0.25) is 0 Å². The summed E-state index contributed by atoms with van der Waals surface area (Å²) in [6.45, 7) is 3.32. The highest BCUT2D eigenvalue weighted by Gasteiger charge is 2.39. The molecule has 2 N–H and O–H groups in total. The highest BCUT2D eigenvalue weighted by molar-refractivity contribution is 7.96. The molecule has 3 aliphatic heterocycles. The Hall–Kier alpha value is -0.950. The van der Waals surface area contributed by atoms with Crippen molar-refractivity contribution in [2.24, 2.45) is 11.7 Å². The number of carbonyl (C=O) groups is 1. The van der Waals surface area contributed by atoms with Crippen molar-refractivity contribution in [3.63, 3.8) is 0 Å². The molecule has 1 amide bonds. The van der Waals surface area contributed by atoms with Crippen molar-refractivity contribution < 1.29 is 9.53 Å². The lowest BCUT2D eigenvalue weighted by Gasteiger charge is -2.48. The molecule has 3 fully saturated rings.